The maximum Gasteiger partial charge on any atom is 0.350 e. The lowest BCUT2D eigenvalue weighted by molar-refractivity contribution is 0.0272. The van der Waals surface area contributed by atoms with E-state index in [1.54, 1.807) is 24.3 Å². The minimum atomic E-state index is -1.46. The van der Waals surface area contributed by atoms with Crippen LogP contribution in [0.25, 0.3) is 0 Å². The first-order chi connectivity index (χ1) is 11.0. The van der Waals surface area contributed by atoms with Crippen molar-refractivity contribution in [3.8, 4) is 0 Å². The van der Waals surface area contributed by atoms with Crippen molar-refractivity contribution in [3.05, 3.63) is 70.0 Å². The molecule has 0 spiro atoms. The van der Waals surface area contributed by atoms with Crippen molar-refractivity contribution >= 4 is 5.82 Å². The van der Waals surface area contributed by atoms with Crippen LogP contribution < -0.4 is 11.4 Å². The summed E-state index contributed by atoms with van der Waals surface area (Å²) >= 11 is 0. The van der Waals surface area contributed by atoms with Crippen molar-refractivity contribution < 1.29 is 14.6 Å². The number of nitrogen functional groups attached to an aromatic ring is 1. The number of halogens is 1. The summed E-state index contributed by atoms with van der Waals surface area (Å²) in [5.74, 6) is -0.712. The molecule has 1 unspecified atom stereocenters. The number of hydrogen-bond acceptors (Lipinski definition) is 5. The Bertz CT molecular complexity index is 804. The number of anilines is 1. The summed E-state index contributed by atoms with van der Waals surface area (Å²) in [4.78, 5) is 15.4. The van der Waals surface area contributed by atoms with E-state index in [2.05, 4.69) is 4.98 Å². The van der Waals surface area contributed by atoms with E-state index in [4.69, 9.17) is 5.73 Å². The first-order valence-electron chi connectivity index (χ1n) is 7.12. The largest absolute Gasteiger partial charge is 0.387 e. The highest BCUT2D eigenvalue weighted by Crippen LogP contribution is 2.38. The Labute approximate surface area is 131 Å². The number of benzene rings is 1. The Morgan fingerprint density at radius 1 is 1.22 bits per heavy atom. The van der Waals surface area contributed by atoms with Crippen LogP contribution in [0.1, 0.15) is 11.6 Å². The van der Waals surface area contributed by atoms with E-state index >= 15 is 0 Å². The van der Waals surface area contributed by atoms with E-state index in [-0.39, 0.29) is 17.8 Å². The Morgan fingerprint density at radius 2 is 1.91 bits per heavy atom. The Balaban J connectivity index is 2.00. The zero-order valence-electron chi connectivity index (χ0n) is 12.1. The number of aliphatic hydroxyl groups excluding tert-OH is 2. The zero-order chi connectivity index (χ0) is 16.6. The summed E-state index contributed by atoms with van der Waals surface area (Å²) in [5.41, 5.74) is 5.50. The number of nitrogens with zero attached hydrogens (tertiary/aromatic N) is 2. The second-order valence-corrected chi connectivity index (χ2v) is 5.46. The monoisotopic (exact) mass is 317 g/mol. The zero-order valence-corrected chi connectivity index (χ0v) is 12.1. The van der Waals surface area contributed by atoms with Crippen LogP contribution in [0.5, 0.6) is 0 Å². The molecule has 1 aliphatic rings. The van der Waals surface area contributed by atoms with Gasteiger partial charge in [-0.05, 0) is 23.6 Å². The molecule has 1 heterocycles. The summed E-state index contributed by atoms with van der Waals surface area (Å²) in [6.07, 6.45) is -1.43. The normalized spacial score (nSPS) is 24.2. The van der Waals surface area contributed by atoms with Gasteiger partial charge in [0.25, 0.3) is 0 Å². The molecule has 1 aromatic heterocycles. The van der Waals surface area contributed by atoms with Gasteiger partial charge in [-0.1, -0.05) is 30.3 Å². The molecule has 6 nitrogen and oxygen atoms in total. The van der Waals surface area contributed by atoms with Crippen molar-refractivity contribution in [2.24, 2.45) is 0 Å². The van der Waals surface area contributed by atoms with Crippen LogP contribution in [0.3, 0.4) is 0 Å². The highest BCUT2D eigenvalue weighted by Gasteiger charge is 2.43. The fourth-order valence-electron chi connectivity index (χ4n) is 2.79. The molecule has 0 aliphatic heterocycles. The fourth-order valence-corrected chi connectivity index (χ4v) is 2.79. The smallest absolute Gasteiger partial charge is 0.350 e. The molecular formula is C16H16FN3O3. The third-order valence-electron chi connectivity index (χ3n) is 3.96. The van der Waals surface area contributed by atoms with Gasteiger partial charge in [-0.25, -0.2) is 9.18 Å². The number of aromatic nitrogens is 2. The lowest BCUT2D eigenvalue weighted by Gasteiger charge is -2.19. The van der Waals surface area contributed by atoms with E-state index in [0.29, 0.717) is 0 Å². The van der Waals surface area contributed by atoms with Crippen molar-refractivity contribution in [2.75, 3.05) is 5.73 Å². The third kappa shape index (κ3) is 2.76. The molecule has 2 aromatic rings. The van der Waals surface area contributed by atoms with Crippen LogP contribution in [0.4, 0.5) is 10.2 Å². The minimum Gasteiger partial charge on any atom is -0.387 e. The SMILES string of the molecule is Nc1ccn(C2C(F)=C(Cc3ccccc3)[C@@H](O)[C@H]2O)c(=O)n1. The first-order valence-corrected chi connectivity index (χ1v) is 7.12. The van der Waals surface area contributed by atoms with E-state index in [1.807, 2.05) is 6.07 Å². The fraction of sp³-hybridized carbons (Fsp3) is 0.250. The second kappa shape index (κ2) is 5.94. The highest BCUT2D eigenvalue weighted by atomic mass is 19.1. The summed E-state index contributed by atoms with van der Waals surface area (Å²) in [7, 11) is 0. The molecule has 1 aliphatic carbocycles. The van der Waals surface area contributed by atoms with Crippen LogP contribution in [0.2, 0.25) is 0 Å². The standard InChI is InChI=1S/C16H16FN3O3/c17-12-10(8-9-4-2-1-3-5-9)14(21)15(22)13(12)20-7-6-11(18)19-16(20)23/h1-7,13-15,21-22H,8H2,(H2,18,19,23)/t13?,14-,15+/m1/s1. The third-order valence-corrected chi connectivity index (χ3v) is 3.96. The van der Waals surface area contributed by atoms with E-state index in [0.717, 1.165) is 10.1 Å². The first kappa shape index (κ1) is 15.4. The molecule has 120 valence electrons. The van der Waals surface area contributed by atoms with Gasteiger partial charge in [0.1, 0.15) is 29.9 Å². The highest BCUT2D eigenvalue weighted by molar-refractivity contribution is 5.34. The predicted octanol–water partition coefficient (Wildman–Crippen LogP) is 0.568. The maximum absolute atomic E-state index is 14.7. The lowest BCUT2D eigenvalue weighted by Crippen LogP contribution is -2.36. The number of aliphatic hydroxyl groups is 2. The molecule has 7 heteroatoms. The molecule has 3 atom stereocenters. The summed E-state index contributed by atoms with van der Waals surface area (Å²) in [6, 6.07) is 9.06. The average molecular weight is 317 g/mol. The molecule has 1 aromatic carbocycles. The van der Waals surface area contributed by atoms with Gasteiger partial charge in [-0.3, -0.25) is 4.57 Å². The average Bonchev–Trinajstić information content (AvgIpc) is 2.73. The molecule has 0 saturated carbocycles. The summed E-state index contributed by atoms with van der Waals surface area (Å²) in [6.45, 7) is 0. The van der Waals surface area contributed by atoms with E-state index < -0.39 is 29.8 Å². The van der Waals surface area contributed by atoms with Gasteiger partial charge in [0.05, 0.1) is 0 Å². The van der Waals surface area contributed by atoms with Crippen molar-refractivity contribution in [1.29, 1.82) is 0 Å². The van der Waals surface area contributed by atoms with Gasteiger partial charge in [-0.2, -0.15) is 4.98 Å². The minimum absolute atomic E-state index is 0.00758. The van der Waals surface area contributed by atoms with Crippen LogP contribution in [-0.4, -0.2) is 32.0 Å². The van der Waals surface area contributed by atoms with E-state index in [9.17, 15) is 19.4 Å². The van der Waals surface area contributed by atoms with Gasteiger partial charge < -0.3 is 15.9 Å². The van der Waals surface area contributed by atoms with Crippen molar-refractivity contribution in [2.45, 2.75) is 24.7 Å². The lowest BCUT2D eigenvalue weighted by atomic mass is 10.0. The summed E-state index contributed by atoms with van der Waals surface area (Å²) < 4.78 is 15.7. The molecule has 3 rings (SSSR count). The number of nitrogens with two attached hydrogens (primary N) is 1. The Morgan fingerprint density at radius 3 is 2.57 bits per heavy atom. The van der Waals surface area contributed by atoms with Gasteiger partial charge >= 0.3 is 5.69 Å². The van der Waals surface area contributed by atoms with Crippen LogP contribution in [0, 0.1) is 0 Å². The topological polar surface area (TPSA) is 101 Å². The number of rotatable bonds is 3. The quantitative estimate of drug-likeness (QED) is 0.768. The van der Waals surface area contributed by atoms with E-state index in [1.165, 1.54) is 12.3 Å². The van der Waals surface area contributed by atoms with Crippen molar-refractivity contribution in [1.82, 2.24) is 9.55 Å². The van der Waals surface area contributed by atoms with Gasteiger partial charge in [0, 0.05) is 6.20 Å². The van der Waals surface area contributed by atoms with Crippen LogP contribution >= 0.6 is 0 Å². The molecular weight excluding hydrogens is 301 g/mol. The molecule has 4 N–H and O–H groups in total. The van der Waals surface area contributed by atoms with Gasteiger partial charge in [0.15, 0.2) is 0 Å². The Hall–Kier alpha value is -2.51. The van der Waals surface area contributed by atoms with Gasteiger partial charge in [-0.15, -0.1) is 0 Å². The maximum atomic E-state index is 14.7. The molecule has 0 saturated heterocycles. The Kier molecular flexibility index (Phi) is 3.97. The molecule has 23 heavy (non-hydrogen) atoms. The van der Waals surface area contributed by atoms with Gasteiger partial charge in [0.2, 0.25) is 0 Å². The molecule has 0 bridgehead atoms. The summed E-state index contributed by atoms with van der Waals surface area (Å²) in [5, 5.41) is 20.3. The molecule has 0 fully saturated rings. The second-order valence-electron chi connectivity index (χ2n) is 5.46. The van der Waals surface area contributed by atoms with Crippen molar-refractivity contribution in [3.63, 3.8) is 0 Å². The molecule has 0 radical (unpaired) electrons. The molecule has 0 amide bonds. The van der Waals surface area contributed by atoms with Crippen LogP contribution in [-0.2, 0) is 6.42 Å². The number of hydrogen-bond donors (Lipinski definition) is 3. The van der Waals surface area contributed by atoms with Crippen LogP contribution in [0.15, 0.2) is 58.8 Å². The predicted molar refractivity (Wildman–Crippen MR) is 82.2 cm³/mol.